The van der Waals surface area contributed by atoms with E-state index in [1.807, 2.05) is 33.9 Å². The number of para-hydroxylation sites is 2. The quantitative estimate of drug-likeness (QED) is 0.0543. The van der Waals surface area contributed by atoms with E-state index in [1.54, 1.807) is 0 Å². The van der Waals surface area contributed by atoms with Gasteiger partial charge in [-0.3, -0.25) is 4.79 Å². The van der Waals surface area contributed by atoms with Crippen molar-refractivity contribution in [3.05, 3.63) is 145 Å². The molecular formula is C48H53IrN2O2-. The fraction of sp³-hybridized carbons (Fsp3) is 0.292. The molecule has 0 aliphatic carbocycles. The van der Waals surface area contributed by atoms with E-state index in [4.69, 9.17) is 4.98 Å². The number of fused-ring (bicyclic) bond motifs is 3. The van der Waals surface area contributed by atoms with Crippen molar-refractivity contribution in [2.24, 2.45) is 17.8 Å². The van der Waals surface area contributed by atoms with Crippen LogP contribution in [0.4, 0.5) is 17.1 Å². The molecule has 53 heavy (non-hydrogen) atoms. The average Bonchev–Trinajstić information content (AvgIpc) is 3.16. The summed E-state index contributed by atoms with van der Waals surface area (Å²) in [6.45, 7) is 12.6. The molecule has 0 fully saturated rings. The SMILES string of the molecule is CC(C)Cc1[c-]c(-c2nccc3c2ccc2ccccc23)cc(N(c2ccccc2)c2ccccc2)c1.CCC(CC)C(=O)/C=C(\O)C(CC)CC.[Ir]. The number of ketones is 1. The zero-order valence-electron chi connectivity index (χ0n) is 32.0. The molecule has 0 unspecified atom stereocenters. The fourth-order valence-corrected chi connectivity index (χ4v) is 6.95. The number of pyridine rings is 1. The maximum atomic E-state index is 11.7. The normalized spacial score (nSPS) is 11.5. The Bertz CT molecular complexity index is 2040. The third-order valence-corrected chi connectivity index (χ3v) is 9.83. The molecule has 5 heteroatoms. The van der Waals surface area contributed by atoms with E-state index >= 15 is 0 Å². The summed E-state index contributed by atoms with van der Waals surface area (Å²) in [5, 5.41) is 14.6. The van der Waals surface area contributed by atoms with Gasteiger partial charge in [0.15, 0.2) is 5.78 Å². The van der Waals surface area contributed by atoms with Crippen molar-refractivity contribution in [1.82, 2.24) is 4.98 Å². The van der Waals surface area contributed by atoms with Crippen LogP contribution >= 0.6 is 0 Å². The second kappa shape index (κ2) is 20.0. The first-order chi connectivity index (χ1) is 25.3. The van der Waals surface area contributed by atoms with E-state index in [1.165, 1.54) is 27.8 Å². The van der Waals surface area contributed by atoms with Crippen molar-refractivity contribution >= 4 is 44.4 Å². The molecule has 0 aliphatic heterocycles. The fourth-order valence-electron chi connectivity index (χ4n) is 6.95. The van der Waals surface area contributed by atoms with Gasteiger partial charge in [0.05, 0.1) is 5.76 Å². The largest absolute Gasteiger partial charge is 0.512 e. The molecule has 1 heterocycles. The van der Waals surface area contributed by atoms with E-state index < -0.39 is 0 Å². The van der Waals surface area contributed by atoms with Crippen molar-refractivity contribution in [3.63, 3.8) is 0 Å². The molecule has 4 nitrogen and oxygen atoms in total. The number of nitrogens with zero attached hydrogens (tertiary/aromatic N) is 2. The number of anilines is 3. The van der Waals surface area contributed by atoms with E-state index in [9.17, 15) is 9.90 Å². The molecule has 0 atom stereocenters. The van der Waals surface area contributed by atoms with Crippen LogP contribution in [0.5, 0.6) is 0 Å². The Labute approximate surface area is 330 Å². The predicted octanol–water partition coefficient (Wildman–Crippen LogP) is 13.4. The summed E-state index contributed by atoms with van der Waals surface area (Å²) < 4.78 is 0. The number of aromatic nitrogens is 1. The summed E-state index contributed by atoms with van der Waals surface area (Å²) in [5.41, 5.74) is 6.54. The molecule has 6 rings (SSSR count). The van der Waals surface area contributed by atoms with Gasteiger partial charge in [-0.15, -0.1) is 29.3 Å². The molecule has 5 aromatic carbocycles. The van der Waals surface area contributed by atoms with Gasteiger partial charge in [0.25, 0.3) is 0 Å². The second-order valence-electron chi connectivity index (χ2n) is 13.9. The van der Waals surface area contributed by atoms with Crippen LogP contribution in [0.2, 0.25) is 0 Å². The number of hydrogen-bond acceptors (Lipinski definition) is 4. The standard InChI is InChI=1S/C35H29N2.C13H24O2.Ir/c1-25(2)21-26-22-28(35-34-18-17-27-11-9-10-16-32(27)33(34)19-20-36-35)24-31(23-26)37(29-12-5-3-6-13-29)30-14-7-4-8-15-30;1-5-10(6-2)12(14)9-13(15)11(7-3)8-4;/h3-20,23-25H,21H2,1-2H3;9-11,14H,5-8H2,1-4H3;/q-1;;/b;12-9-;. The van der Waals surface area contributed by atoms with Gasteiger partial charge in [-0.25, -0.2) is 0 Å². The summed E-state index contributed by atoms with van der Waals surface area (Å²) in [4.78, 5) is 18.9. The van der Waals surface area contributed by atoms with Crippen molar-refractivity contribution in [2.75, 3.05) is 4.90 Å². The van der Waals surface area contributed by atoms with E-state index in [2.05, 4.69) is 140 Å². The Morgan fingerprint density at radius 3 is 1.87 bits per heavy atom. The average molecular weight is 882 g/mol. The van der Waals surface area contributed by atoms with Crippen LogP contribution in [0, 0.1) is 23.8 Å². The maximum Gasteiger partial charge on any atom is 0.162 e. The van der Waals surface area contributed by atoms with Crippen LogP contribution < -0.4 is 4.90 Å². The van der Waals surface area contributed by atoms with Gasteiger partial charge in [0.2, 0.25) is 0 Å². The molecule has 0 saturated heterocycles. The van der Waals surface area contributed by atoms with Crippen LogP contribution in [0.3, 0.4) is 0 Å². The first-order valence-corrected chi connectivity index (χ1v) is 18.9. The van der Waals surface area contributed by atoms with Crippen molar-refractivity contribution in [2.45, 2.75) is 73.6 Å². The minimum atomic E-state index is 0. The minimum absolute atomic E-state index is 0. The summed E-state index contributed by atoms with van der Waals surface area (Å²) in [6.07, 6.45) is 7.79. The first kappa shape index (κ1) is 41.2. The van der Waals surface area contributed by atoms with Crippen LogP contribution in [0.1, 0.15) is 72.8 Å². The van der Waals surface area contributed by atoms with Crippen LogP contribution in [0.25, 0.3) is 32.8 Å². The number of carbonyl (C=O) groups is 1. The van der Waals surface area contributed by atoms with Crippen molar-refractivity contribution < 1.29 is 30.0 Å². The summed E-state index contributed by atoms with van der Waals surface area (Å²) >= 11 is 0. The molecule has 277 valence electrons. The molecule has 0 spiro atoms. The van der Waals surface area contributed by atoms with Gasteiger partial charge >= 0.3 is 0 Å². The summed E-state index contributed by atoms with van der Waals surface area (Å²) in [7, 11) is 0. The van der Waals surface area contributed by atoms with E-state index in [0.717, 1.165) is 65.8 Å². The number of aliphatic hydroxyl groups excluding tert-OH is 1. The number of carbonyl (C=O) groups excluding carboxylic acids is 1. The van der Waals surface area contributed by atoms with Gasteiger partial charge in [0, 0.05) is 55.6 Å². The van der Waals surface area contributed by atoms with Crippen LogP contribution in [-0.2, 0) is 31.3 Å². The maximum absolute atomic E-state index is 11.7. The van der Waals surface area contributed by atoms with Gasteiger partial charge in [-0.2, -0.15) is 0 Å². The molecule has 0 saturated carbocycles. The Kier molecular flexibility index (Phi) is 15.6. The van der Waals surface area contributed by atoms with Crippen molar-refractivity contribution in [3.8, 4) is 11.3 Å². The van der Waals surface area contributed by atoms with Crippen LogP contribution in [-0.4, -0.2) is 15.9 Å². The third-order valence-electron chi connectivity index (χ3n) is 9.83. The molecule has 1 radical (unpaired) electrons. The van der Waals surface area contributed by atoms with Gasteiger partial charge in [-0.1, -0.05) is 114 Å². The number of rotatable bonds is 13. The Balaban J connectivity index is 0.000000335. The van der Waals surface area contributed by atoms with Gasteiger partial charge < -0.3 is 15.0 Å². The first-order valence-electron chi connectivity index (χ1n) is 18.9. The predicted molar refractivity (Wildman–Crippen MR) is 221 cm³/mol. The van der Waals surface area contributed by atoms with E-state index in [-0.39, 0.29) is 43.5 Å². The van der Waals surface area contributed by atoms with Gasteiger partial charge in [0.1, 0.15) is 0 Å². The number of hydrogen-bond donors (Lipinski definition) is 1. The second-order valence-corrected chi connectivity index (χ2v) is 13.9. The van der Waals surface area contributed by atoms with Crippen molar-refractivity contribution in [1.29, 1.82) is 0 Å². The summed E-state index contributed by atoms with van der Waals surface area (Å²) in [5.74, 6) is 1.07. The van der Waals surface area contributed by atoms with E-state index in [0.29, 0.717) is 5.92 Å². The third kappa shape index (κ3) is 10.3. The van der Waals surface area contributed by atoms with Gasteiger partial charge in [-0.05, 0) is 101 Å². The smallest absolute Gasteiger partial charge is 0.162 e. The minimum Gasteiger partial charge on any atom is -0.512 e. The molecule has 0 aliphatic rings. The molecule has 0 amide bonds. The number of allylic oxidation sites excluding steroid dienone is 2. The molecule has 0 bridgehead atoms. The van der Waals surface area contributed by atoms with Crippen LogP contribution in [0.15, 0.2) is 133 Å². The zero-order chi connectivity index (χ0) is 37.0. The molecular weight excluding hydrogens is 829 g/mol. The summed E-state index contributed by atoms with van der Waals surface area (Å²) in [6, 6.07) is 44.5. The Morgan fingerprint density at radius 1 is 0.698 bits per heavy atom. The number of aliphatic hydroxyl groups is 1. The Morgan fingerprint density at radius 2 is 1.28 bits per heavy atom. The zero-order valence-corrected chi connectivity index (χ0v) is 34.4. The number of benzene rings is 5. The molecule has 1 aromatic heterocycles. The topological polar surface area (TPSA) is 53.4 Å². The monoisotopic (exact) mass is 882 g/mol. The Hall–Kier alpha value is -4.57. The molecule has 6 aromatic rings. The molecule has 1 N–H and O–H groups in total.